The van der Waals surface area contributed by atoms with Gasteiger partial charge < -0.3 is 9.73 Å². The molecule has 7 heteroatoms. The Morgan fingerprint density at radius 3 is 2.47 bits per heavy atom. The summed E-state index contributed by atoms with van der Waals surface area (Å²) in [6.45, 7) is 0. The smallest absolute Gasteiger partial charge is 0.276 e. The molecule has 3 aromatic carbocycles. The van der Waals surface area contributed by atoms with Gasteiger partial charge in [-0.25, -0.2) is 14.1 Å². The minimum absolute atomic E-state index is 0.252. The number of para-hydroxylation sites is 2. The molecule has 1 N–H and O–H groups in total. The van der Waals surface area contributed by atoms with Crippen LogP contribution < -0.4 is 5.32 Å². The van der Waals surface area contributed by atoms with Crippen LogP contribution in [0, 0.1) is 5.82 Å². The van der Waals surface area contributed by atoms with E-state index in [2.05, 4.69) is 15.4 Å². The molecule has 0 atom stereocenters. The molecule has 0 radical (unpaired) electrons. The van der Waals surface area contributed by atoms with Crippen molar-refractivity contribution in [3.63, 3.8) is 0 Å². The lowest BCUT2D eigenvalue weighted by Crippen LogP contribution is -2.13. The molecule has 0 spiro atoms. The maximum Gasteiger partial charge on any atom is 0.276 e. The summed E-state index contributed by atoms with van der Waals surface area (Å²) in [5.74, 6) is -0.150. The van der Waals surface area contributed by atoms with Gasteiger partial charge in [-0.2, -0.15) is 5.10 Å². The molecule has 30 heavy (non-hydrogen) atoms. The standard InChI is InChI=1S/C23H15FN4O2/c24-16-7-11-18(12-8-16)28-14-13-20(27-28)22(29)25-17-9-5-15(6-10-17)23-26-19-3-1-2-4-21(19)30-23/h1-14H,(H,25,29). The van der Waals surface area contributed by atoms with Gasteiger partial charge in [-0.1, -0.05) is 12.1 Å². The van der Waals surface area contributed by atoms with Crippen LogP contribution in [-0.4, -0.2) is 20.7 Å². The number of hydrogen-bond donors (Lipinski definition) is 1. The highest BCUT2D eigenvalue weighted by molar-refractivity contribution is 6.02. The summed E-state index contributed by atoms with van der Waals surface area (Å²) in [5.41, 5.74) is 3.87. The highest BCUT2D eigenvalue weighted by Gasteiger charge is 2.12. The zero-order valence-electron chi connectivity index (χ0n) is 15.6. The van der Waals surface area contributed by atoms with E-state index in [0.29, 0.717) is 17.3 Å². The third kappa shape index (κ3) is 3.44. The molecule has 5 rings (SSSR count). The number of aromatic nitrogens is 3. The van der Waals surface area contributed by atoms with Gasteiger partial charge >= 0.3 is 0 Å². The molecule has 2 aromatic heterocycles. The van der Waals surface area contributed by atoms with Crippen molar-refractivity contribution in [1.29, 1.82) is 0 Å². The van der Waals surface area contributed by atoms with Crippen molar-refractivity contribution in [1.82, 2.24) is 14.8 Å². The predicted octanol–water partition coefficient (Wildman–Crippen LogP) is 5.07. The van der Waals surface area contributed by atoms with E-state index in [0.717, 1.165) is 16.7 Å². The highest BCUT2D eigenvalue weighted by Crippen LogP contribution is 2.25. The summed E-state index contributed by atoms with van der Waals surface area (Å²) in [5, 5.41) is 7.06. The van der Waals surface area contributed by atoms with Gasteiger partial charge in [0.05, 0.1) is 5.69 Å². The molecule has 0 unspecified atom stereocenters. The van der Waals surface area contributed by atoms with Crippen molar-refractivity contribution in [2.45, 2.75) is 0 Å². The Morgan fingerprint density at radius 1 is 0.933 bits per heavy atom. The summed E-state index contributed by atoms with van der Waals surface area (Å²) in [6.07, 6.45) is 1.65. The van der Waals surface area contributed by atoms with E-state index >= 15 is 0 Å². The lowest BCUT2D eigenvalue weighted by molar-refractivity contribution is 0.102. The Bertz CT molecular complexity index is 1300. The highest BCUT2D eigenvalue weighted by atomic mass is 19.1. The first kappa shape index (κ1) is 17.8. The number of rotatable bonds is 4. The van der Waals surface area contributed by atoms with Gasteiger partial charge in [0.2, 0.25) is 5.89 Å². The second kappa shape index (κ2) is 7.29. The summed E-state index contributed by atoms with van der Waals surface area (Å²) < 4.78 is 20.3. The van der Waals surface area contributed by atoms with E-state index in [9.17, 15) is 9.18 Å². The number of carbonyl (C=O) groups is 1. The molecule has 5 aromatic rings. The Kier molecular flexibility index (Phi) is 4.33. The summed E-state index contributed by atoms with van der Waals surface area (Å²) in [4.78, 5) is 17.0. The number of nitrogens with zero attached hydrogens (tertiary/aromatic N) is 3. The first-order valence-electron chi connectivity index (χ1n) is 9.25. The van der Waals surface area contributed by atoms with Crippen LogP contribution in [0.5, 0.6) is 0 Å². The maximum atomic E-state index is 13.1. The molecule has 0 fully saturated rings. The number of anilines is 1. The molecule has 6 nitrogen and oxygen atoms in total. The van der Waals surface area contributed by atoms with Crippen molar-refractivity contribution < 1.29 is 13.6 Å². The van der Waals surface area contributed by atoms with E-state index in [-0.39, 0.29) is 17.4 Å². The number of amides is 1. The Labute approximate surface area is 170 Å². The van der Waals surface area contributed by atoms with Gasteiger partial charge in [-0.3, -0.25) is 4.79 Å². The van der Waals surface area contributed by atoms with Gasteiger partial charge in [0.25, 0.3) is 5.91 Å². The van der Waals surface area contributed by atoms with E-state index in [1.807, 2.05) is 36.4 Å². The SMILES string of the molecule is O=C(Nc1ccc(-c2nc3ccccc3o2)cc1)c1ccn(-c2ccc(F)cc2)n1. The Hall–Kier alpha value is -4.26. The summed E-state index contributed by atoms with van der Waals surface area (Å²) in [6, 6.07) is 22.2. The molecule has 0 saturated heterocycles. The summed E-state index contributed by atoms with van der Waals surface area (Å²) in [7, 11) is 0. The van der Waals surface area contributed by atoms with Crippen LogP contribution in [0.1, 0.15) is 10.5 Å². The van der Waals surface area contributed by atoms with Gasteiger partial charge in [0, 0.05) is 17.4 Å². The second-order valence-electron chi connectivity index (χ2n) is 6.64. The predicted molar refractivity (Wildman–Crippen MR) is 111 cm³/mol. The van der Waals surface area contributed by atoms with Crippen LogP contribution in [0.25, 0.3) is 28.2 Å². The van der Waals surface area contributed by atoms with Crippen molar-refractivity contribution in [3.05, 3.63) is 96.6 Å². The van der Waals surface area contributed by atoms with E-state index in [1.54, 1.807) is 36.5 Å². The molecule has 0 aliphatic carbocycles. The fourth-order valence-corrected chi connectivity index (χ4v) is 3.07. The summed E-state index contributed by atoms with van der Waals surface area (Å²) >= 11 is 0. The number of halogens is 1. The molecular formula is C23H15FN4O2. The van der Waals surface area contributed by atoms with Gasteiger partial charge in [0.15, 0.2) is 11.3 Å². The average Bonchev–Trinajstić information content (AvgIpc) is 3.42. The molecule has 2 heterocycles. The molecule has 0 saturated carbocycles. The van der Waals surface area contributed by atoms with Crippen LogP contribution >= 0.6 is 0 Å². The number of carbonyl (C=O) groups excluding carboxylic acids is 1. The number of fused-ring (bicyclic) bond motifs is 1. The molecular weight excluding hydrogens is 383 g/mol. The van der Waals surface area contributed by atoms with Crippen LogP contribution in [-0.2, 0) is 0 Å². The molecule has 0 aliphatic heterocycles. The first-order chi connectivity index (χ1) is 14.7. The lowest BCUT2D eigenvalue weighted by atomic mass is 10.2. The molecule has 0 bridgehead atoms. The molecule has 0 aliphatic rings. The normalized spacial score (nSPS) is 11.0. The van der Waals surface area contributed by atoms with E-state index in [4.69, 9.17) is 4.42 Å². The first-order valence-corrected chi connectivity index (χ1v) is 9.25. The van der Waals surface area contributed by atoms with Crippen molar-refractivity contribution in [2.24, 2.45) is 0 Å². The van der Waals surface area contributed by atoms with Gasteiger partial charge in [-0.05, 0) is 66.7 Å². The number of benzene rings is 3. The van der Waals surface area contributed by atoms with Crippen molar-refractivity contribution in [2.75, 3.05) is 5.32 Å². The quantitative estimate of drug-likeness (QED) is 0.459. The van der Waals surface area contributed by atoms with Crippen LogP contribution in [0.15, 0.2) is 89.5 Å². The molecule has 146 valence electrons. The minimum Gasteiger partial charge on any atom is -0.436 e. The van der Waals surface area contributed by atoms with Crippen LogP contribution in [0.4, 0.5) is 10.1 Å². The third-order valence-corrected chi connectivity index (χ3v) is 4.60. The minimum atomic E-state index is -0.342. The number of hydrogen-bond acceptors (Lipinski definition) is 4. The number of oxazole rings is 1. The fourth-order valence-electron chi connectivity index (χ4n) is 3.07. The van der Waals surface area contributed by atoms with Gasteiger partial charge in [0.1, 0.15) is 11.3 Å². The third-order valence-electron chi connectivity index (χ3n) is 4.60. The van der Waals surface area contributed by atoms with E-state index < -0.39 is 0 Å². The topological polar surface area (TPSA) is 73.0 Å². The fraction of sp³-hybridized carbons (Fsp3) is 0. The second-order valence-corrected chi connectivity index (χ2v) is 6.64. The monoisotopic (exact) mass is 398 g/mol. The van der Waals surface area contributed by atoms with Crippen molar-refractivity contribution >= 4 is 22.7 Å². The largest absolute Gasteiger partial charge is 0.436 e. The van der Waals surface area contributed by atoms with Gasteiger partial charge in [-0.15, -0.1) is 0 Å². The van der Waals surface area contributed by atoms with E-state index in [1.165, 1.54) is 16.8 Å². The molecule has 1 amide bonds. The van der Waals surface area contributed by atoms with Crippen LogP contribution in [0.2, 0.25) is 0 Å². The zero-order chi connectivity index (χ0) is 20.5. The Morgan fingerprint density at radius 2 is 1.70 bits per heavy atom. The number of nitrogens with one attached hydrogen (secondary N) is 1. The lowest BCUT2D eigenvalue weighted by Gasteiger charge is -2.04. The Balaban J connectivity index is 1.31. The zero-order valence-corrected chi connectivity index (χ0v) is 15.6. The maximum absolute atomic E-state index is 13.1. The van der Waals surface area contributed by atoms with Crippen LogP contribution in [0.3, 0.4) is 0 Å². The van der Waals surface area contributed by atoms with Crippen molar-refractivity contribution in [3.8, 4) is 17.1 Å². The average molecular weight is 398 g/mol.